The molecule has 1 amide bonds. The second-order valence-electron chi connectivity index (χ2n) is 3.97. The van der Waals surface area contributed by atoms with Gasteiger partial charge in [0.25, 0.3) is 5.91 Å². The number of aryl methyl sites for hydroxylation is 1. The standard InChI is InChI=1S/C13H13BrN2O2S/c1-8-2-3-11(10(14)6-8)18-7-9-4-5-19-12(9)13(17)16-15/h2-6H,7,15H2,1H3,(H,16,17). The van der Waals surface area contributed by atoms with E-state index in [1.165, 1.54) is 11.3 Å². The molecule has 0 fully saturated rings. The van der Waals surface area contributed by atoms with Gasteiger partial charge >= 0.3 is 0 Å². The Morgan fingerprint density at radius 3 is 2.95 bits per heavy atom. The Hall–Kier alpha value is -1.37. The SMILES string of the molecule is Cc1ccc(OCc2ccsc2C(=O)NN)c(Br)c1. The number of nitrogen functional groups attached to an aromatic ring is 1. The minimum Gasteiger partial charge on any atom is -0.488 e. The van der Waals surface area contributed by atoms with Crippen LogP contribution in [0.25, 0.3) is 0 Å². The summed E-state index contributed by atoms with van der Waals surface area (Å²) in [5.74, 6) is 5.59. The van der Waals surface area contributed by atoms with Crippen LogP contribution in [0.15, 0.2) is 34.1 Å². The van der Waals surface area contributed by atoms with Gasteiger partial charge in [0.15, 0.2) is 0 Å². The average molecular weight is 341 g/mol. The number of nitrogens with one attached hydrogen (secondary N) is 1. The molecular formula is C13H13BrN2O2S. The third-order valence-corrected chi connectivity index (χ3v) is 4.13. The van der Waals surface area contributed by atoms with Crippen LogP contribution in [0.1, 0.15) is 20.8 Å². The highest BCUT2D eigenvalue weighted by molar-refractivity contribution is 9.10. The molecule has 0 aliphatic carbocycles. The lowest BCUT2D eigenvalue weighted by molar-refractivity contribution is 0.0955. The van der Waals surface area contributed by atoms with Crippen LogP contribution < -0.4 is 16.0 Å². The fourth-order valence-corrected chi connectivity index (χ4v) is 3.01. The van der Waals surface area contributed by atoms with Gasteiger partial charge in [0, 0.05) is 5.56 Å². The molecule has 100 valence electrons. The number of amides is 1. The highest BCUT2D eigenvalue weighted by atomic mass is 79.9. The molecule has 1 aromatic heterocycles. The van der Waals surface area contributed by atoms with Gasteiger partial charge in [-0.05, 0) is 52.0 Å². The molecule has 1 aromatic carbocycles. The molecule has 4 nitrogen and oxygen atoms in total. The van der Waals surface area contributed by atoms with Crippen LogP contribution >= 0.6 is 27.3 Å². The molecule has 0 saturated carbocycles. The lowest BCUT2D eigenvalue weighted by atomic mass is 10.2. The third kappa shape index (κ3) is 3.34. The molecule has 0 aliphatic rings. The predicted molar refractivity (Wildman–Crippen MR) is 79.2 cm³/mol. The summed E-state index contributed by atoms with van der Waals surface area (Å²) in [6, 6.07) is 7.71. The molecule has 2 aromatic rings. The number of hydrogen-bond acceptors (Lipinski definition) is 4. The van der Waals surface area contributed by atoms with Gasteiger partial charge in [-0.1, -0.05) is 6.07 Å². The number of nitrogens with two attached hydrogens (primary N) is 1. The first-order chi connectivity index (χ1) is 9.11. The molecule has 0 spiro atoms. The maximum absolute atomic E-state index is 11.5. The van der Waals surface area contributed by atoms with E-state index >= 15 is 0 Å². The van der Waals surface area contributed by atoms with Crippen molar-refractivity contribution in [2.75, 3.05) is 0 Å². The molecule has 0 unspecified atom stereocenters. The molecule has 0 atom stereocenters. The molecule has 0 bridgehead atoms. The predicted octanol–water partition coefficient (Wildman–Crippen LogP) is 3.00. The van der Waals surface area contributed by atoms with Crippen molar-refractivity contribution in [2.24, 2.45) is 5.84 Å². The zero-order chi connectivity index (χ0) is 13.8. The van der Waals surface area contributed by atoms with Crippen molar-refractivity contribution in [3.8, 4) is 5.75 Å². The summed E-state index contributed by atoms with van der Waals surface area (Å²) < 4.78 is 6.61. The van der Waals surface area contributed by atoms with E-state index in [0.717, 1.165) is 21.3 Å². The van der Waals surface area contributed by atoms with E-state index < -0.39 is 0 Å². The number of carbonyl (C=O) groups excluding carboxylic acids is 1. The van der Waals surface area contributed by atoms with Gasteiger partial charge in [0.1, 0.15) is 12.4 Å². The lowest BCUT2D eigenvalue weighted by Gasteiger charge is -2.09. The van der Waals surface area contributed by atoms with E-state index in [1.807, 2.05) is 36.6 Å². The lowest BCUT2D eigenvalue weighted by Crippen LogP contribution is -2.30. The van der Waals surface area contributed by atoms with Gasteiger partial charge in [0.05, 0.1) is 9.35 Å². The van der Waals surface area contributed by atoms with Crippen LogP contribution in [0.3, 0.4) is 0 Å². The molecule has 0 aliphatic heterocycles. The monoisotopic (exact) mass is 340 g/mol. The summed E-state index contributed by atoms with van der Waals surface area (Å²) in [4.78, 5) is 12.1. The number of halogens is 1. The van der Waals surface area contributed by atoms with Crippen LogP contribution in [0.5, 0.6) is 5.75 Å². The Morgan fingerprint density at radius 2 is 2.26 bits per heavy atom. The zero-order valence-corrected chi connectivity index (χ0v) is 12.7. The Morgan fingerprint density at radius 1 is 1.47 bits per heavy atom. The van der Waals surface area contributed by atoms with Crippen molar-refractivity contribution in [1.29, 1.82) is 0 Å². The van der Waals surface area contributed by atoms with E-state index in [1.54, 1.807) is 0 Å². The summed E-state index contributed by atoms with van der Waals surface area (Å²) in [5.41, 5.74) is 4.10. The average Bonchev–Trinajstić information content (AvgIpc) is 2.85. The molecule has 0 radical (unpaired) electrons. The molecule has 6 heteroatoms. The second-order valence-corrected chi connectivity index (χ2v) is 5.74. The van der Waals surface area contributed by atoms with Gasteiger partial charge < -0.3 is 4.74 Å². The Balaban J connectivity index is 2.10. The largest absolute Gasteiger partial charge is 0.488 e. The van der Waals surface area contributed by atoms with E-state index in [-0.39, 0.29) is 5.91 Å². The summed E-state index contributed by atoms with van der Waals surface area (Å²) in [5, 5.41) is 1.84. The Labute approximate surface area is 123 Å². The van der Waals surface area contributed by atoms with Crippen LogP contribution in [0.2, 0.25) is 0 Å². The Bertz CT molecular complexity index is 598. The molecular weight excluding hydrogens is 328 g/mol. The van der Waals surface area contributed by atoms with Gasteiger partial charge in [-0.15, -0.1) is 11.3 Å². The van der Waals surface area contributed by atoms with Crippen molar-refractivity contribution >= 4 is 33.2 Å². The highest BCUT2D eigenvalue weighted by Gasteiger charge is 2.12. The summed E-state index contributed by atoms with van der Waals surface area (Å²) in [6.07, 6.45) is 0. The third-order valence-electron chi connectivity index (χ3n) is 2.55. The molecule has 3 N–H and O–H groups in total. The van der Waals surface area contributed by atoms with E-state index in [4.69, 9.17) is 10.6 Å². The normalized spacial score (nSPS) is 10.3. The second kappa shape index (κ2) is 6.18. The minimum absolute atomic E-state index is 0.295. The summed E-state index contributed by atoms with van der Waals surface area (Å²) >= 11 is 4.79. The van der Waals surface area contributed by atoms with E-state index in [0.29, 0.717) is 11.5 Å². The minimum atomic E-state index is -0.295. The quantitative estimate of drug-likeness (QED) is 0.510. The molecule has 19 heavy (non-hydrogen) atoms. The maximum atomic E-state index is 11.5. The molecule has 2 rings (SSSR count). The number of benzene rings is 1. The topological polar surface area (TPSA) is 64.3 Å². The smallest absolute Gasteiger partial charge is 0.275 e. The van der Waals surface area contributed by atoms with Crippen LogP contribution in [0, 0.1) is 6.92 Å². The first-order valence-electron chi connectivity index (χ1n) is 5.58. The van der Waals surface area contributed by atoms with E-state index in [9.17, 15) is 4.79 Å². The number of hydrazine groups is 1. The van der Waals surface area contributed by atoms with Crippen molar-refractivity contribution in [2.45, 2.75) is 13.5 Å². The number of hydrogen-bond donors (Lipinski definition) is 2. The van der Waals surface area contributed by atoms with Gasteiger partial charge in [0.2, 0.25) is 0 Å². The van der Waals surface area contributed by atoms with E-state index in [2.05, 4.69) is 21.4 Å². The number of ether oxygens (including phenoxy) is 1. The van der Waals surface area contributed by atoms with Crippen molar-refractivity contribution in [1.82, 2.24) is 5.43 Å². The van der Waals surface area contributed by atoms with Gasteiger partial charge in [-0.2, -0.15) is 0 Å². The first kappa shape index (κ1) is 14.0. The van der Waals surface area contributed by atoms with Gasteiger partial charge in [-0.25, -0.2) is 5.84 Å². The molecule has 0 saturated heterocycles. The summed E-state index contributed by atoms with van der Waals surface area (Å²) in [7, 11) is 0. The Kier molecular flexibility index (Phi) is 4.57. The number of rotatable bonds is 4. The van der Waals surface area contributed by atoms with Gasteiger partial charge in [-0.3, -0.25) is 10.2 Å². The highest BCUT2D eigenvalue weighted by Crippen LogP contribution is 2.27. The van der Waals surface area contributed by atoms with Crippen molar-refractivity contribution in [3.05, 3.63) is 50.1 Å². The summed E-state index contributed by atoms with van der Waals surface area (Å²) in [6.45, 7) is 2.34. The van der Waals surface area contributed by atoms with Crippen molar-refractivity contribution < 1.29 is 9.53 Å². The maximum Gasteiger partial charge on any atom is 0.275 e. The molecule has 1 heterocycles. The van der Waals surface area contributed by atoms with Crippen LogP contribution in [-0.2, 0) is 6.61 Å². The van der Waals surface area contributed by atoms with Crippen molar-refractivity contribution in [3.63, 3.8) is 0 Å². The fraction of sp³-hybridized carbons (Fsp3) is 0.154. The number of carbonyl (C=O) groups is 1. The van der Waals surface area contributed by atoms with Crippen LogP contribution in [0.4, 0.5) is 0 Å². The number of thiophene rings is 1. The van der Waals surface area contributed by atoms with Crippen LogP contribution in [-0.4, -0.2) is 5.91 Å². The zero-order valence-electron chi connectivity index (χ0n) is 10.3. The fourth-order valence-electron chi connectivity index (χ4n) is 1.59. The first-order valence-corrected chi connectivity index (χ1v) is 7.25.